The van der Waals surface area contributed by atoms with E-state index in [0.717, 1.165) is 4.90 Å². The fourth-order valence-electron chi connectivity index (χ4n) is 1.65. The molecule has 0 bridgehead atoms. The normalized spacial score (nSPS) is 13.4. The van der Waals surface area contributed by atoms with Crippen molar-refractivity contribution in [1.29, 1.82) is 0 Å². The molecule has 0 aliphatic rings. The monoisotopic (exact) mass is 374 g/mol. The molecule has 0 unspecified atom stereocenters. The Labute approximate surface area is 130 Å². The van der Waals surface area contributed by atoms with Gasteiger partial charge >= 0.3 is 15.2 Å². The predicted octanol–water partition coefficient (Wildman–Crippen LogP) is 2.09. The van der Waals surface area contributed by atoms with E-state index in [1.165, 1.54) is 23.9 Å². The number of unbranched alkanes of at least 4 members (excludes halogenated alkanes) is 1. The lowest BCUT2D eigenvalue weighted by atomic mass is 10.2. The molecule has 22 heavy (non-hydrogen) atoms. The first-order chi connectivity index (χ1) is 9.97. The lowest BCUT2D eigenvalue weighted by Gasteiger charge is -2.29. The molecule has 0 fully saturated rings. The summed E-state index contributed by atoms with van der Waals surface area (Å²) in [7, 11) is -10.8. The minimum Gasteiger partial charge on any atom is -0.368 e. The van der Waals surface area contributed by atoms with E-state index in [1.54, 1.807) is 12.1 Å². The average molecular weight is 374 g/mol. The molecule has 11 heteroatoms. The Morgan fingerprint density at radius 1 is 1.00 bits per heavy atom. The van der Waals surface area contributed by atoms with Crippen LogP contribution in [0.15, 0.2) is 29.2 Å². The van der Waals surface area contributed by atoms with Crippen LogP contribution in [0.3, 0.4) is 0 Å². The van der Waals surface area contributed by atoms with Crippen molar-refractivity contribution in [3.05, 3.63) is 30.1 Å². The second-order valence-corrected chi connectivity index (χ2v) is 9.80. The molecule has 0 spiro atoms. The van der Waals surface area contributed by atoms with E-state index in [0.29, 0.717) is 12.2 Å². The quantitative estimate of drug-likeness (QED) is 0.265. The largest absolute Gasteiger partial charge is 0.369 e. The van der Waals surface area contributed by atoms with Gasteiger partial charge in [-0.3, -0.25) is 9.13 Å². The summed E-state index contributed by atoms with van der Waals surface area (Å²) < 4.78 is 35.0. The van der Waals surface area contributed by atoms with Gasteiger partial charge in [-0.2, -0.15) is 0 Å². The highest BCUT2D eigenvalue weighted by molar-refractivity contribution is 7.99. The van der Waals surface area contributed by atoms with Gasteiger partial charge in [-0.05, 0) is 49.3 Å². The van der Waals surface area contributed by atoms with Gasteiger partial charge in [0.15, 0.2) is 0 Å². The second-order valence-electron chi connectivity index (χ2n) is 4.62. The smallest absolute Gasteiger partial charge is 0.368 e. The molecule has 0 radical (unpaired) electrons. The zero-order valence-electron chi connectivity index (χ0n) is 11.4. The number of aliphatic hydroxyl groups is 1. The Bertz CT molecular complexity index is 561. The van der Waals surface area contributed by atoms with Crippen LogP contribution in [-0.4, -0.2) is 35.5 Å². The first-order valence-corrected chi connectivity index (χ1v) is 10.4. The topological polar surface area (TPSA) is 135 Å². The van der Waals surface area contributed by atoms with Crippen LogP contribution in [0.25, 0.3) is 0 Å². The summed E-state index contributed by atoms with van der Waals surface area (Å²) in [5, 5.41) is 6.31. The molecule has 0 saturated carbocycles. The number of halogens is 1. The molecule has 1 aromatic carbocycles. The summed E-state index contributed by atoms with van der Waals surface area (Å²) in [5.74, 6) is 0.127. The highest BCUT2D eigenvalue weighted by atomic mass is 32.2. The lowest BCUT2D eigenvalue weighted by Crippen LogP contribution is -2.28. The van der Waals surface area contributed by atoms with Crippen LogP contribution in [0.1, 0.15) is 19.3 Å². The fourth-order valence-corrected chi connectivity index (χ4v) is 4.82. The maximum absolute atomic E-state index is 12.7. The van der Waals surface area contributed by atoms with Gasteiger partial charge in [0.05, 0.1) is 0 Å². The molecule has 1 rings (SSSR count). The van der Waals surface area contributed by atoms with Gasteiger partial charge < -0.3 is 24.7 Å². The van der Waals surface area contributed by atoms with Crippen LogP contribution in [-0.2, 0) is 9.13 Å². The first-order valence-electron chi connectivity index (χ1n) is 6.19. The third kappa shape index (κ3) is 5.15. The Morgan fingerprint density at radius 2 is 1.50 bits per heavy atom. The van der Waals surface area contributed by atoms with Crippen molar-refractivity contribution in [3.8, 4) is 0 Å². The molecular weight excluding hydrogens is 357 g/mol. The van der Waals surface area contributed by atoms with Gasteiger partial charge in [-0.15, -0.1) is 11.8 Å². The van der Waals surface area contributed by atoms with Crippen LogP contribution in [0.2, 0.25) is 0 Å². The number of rotatable bonds is 8. The third-order valence-electron chi connectivity index (χ3n) is 2.92. The number of benzene rings is 1. The van der Waals surface area contributed by atoms with Crippen LogP contribution in [0, 0.1) is 5.82 Å². The van der Waals surface area contributed by atoms with Crippen LogP contribution in [0.4, 0.5) is 4.39 Å². The highest BCUT2D eigenvalue weighted by Crippen LogP contribution is 2.69. The Morgan fingerprint density at radius 3 is 1.95 bits per heavy atom. The minimum atomic E-state index is -5.38. The zero-order valence-corrected chi connectivity index (χ0v) is 14.0. The standard InChI is InChI=1S/C11H17FO7P2S/c12-9-3-5-10(6-4-9)22-8-2-1-7-11(13,20(14,15)16)21(17,18)19/h3-6,13H,1-2,7-8H2,(H2,14,15,16)(H2,17,18,19). The number of hydrogen-bond acceptors (Lipinski definition) is 4. The van der Waals surface area contributed by atoms with Crippen LogP contribution in [0.5, 0.6) is 0 Å². The van der Waals surface area contributed by atoms with Gasteiger partial charge in [-0.1, -0.05) is 0 Å². The van der Waals surface area contributed by atoms with Gasteiger partial charge in [0, 0.05) is 4.90 Å². The molecule has 0 atom stereocenters. The van der Waals surface area contributed by atoms with Crippen molar-refractivity contribution >= 4 is 27.0 Å². The molecule has 126 valence electrons. The van der Waals surface area contributed by atoms with Crippen molar-refractivity contribution < 1.29 is 38.2 Å². The fraction of sp³-hybridized carbons (Fsp3) is 0.455. The lowest BCUT2D eigenvalue weighted by molar-refractivity contribution is 0.121. The van der Waals surface area contributed by atoms with Crippen LogP contribution >= 0.6 is 27.0 Å². The maximum atomic E-state index is 12.7. The molecule has 0 aromatic heterocycles. The van der Waals surface area contributed by atoms with Crippen molar-refractivity contribution in [2.45, 2.75) is 29.2 Å². The van der Waals surface area contributed by atoms with Crippen molar-refractivity contribution in [3.63, 3.8) is 0 Å². The summed E-state index contributed by atoms with van der Waals surface area (Å²) in [6.07, 6.45) is -0.337. The van der Waals surface area contributed by atoms with E-state index in [1.807, 2.05) is 0 Å². The maximum Gasteiger partial charge on any atom is 0.369 e. The molecule has 1 aromatic rings. The first kappa shape index (κ1) is 19.8. The van der Waals surface area contributed by atoms with Crippen LogP contribution < -0.4 is 0 Å². The molecule has 0 heterocycles. The van der Waals surface area contributed by atoms with E-state index in [-0.39, 0.29) is 12.2 Å². The van der Waals surface area contributed by atoms with E-state index in [2.05, 4.69) is 0 Å². The van der Waals surface area contributed by atoms with Gasteiger partial charge in [-0.25, -0.2) is 4.39 Å². The zero-order chi connectivity index (χ0) is 17.0. The van der Waals surface area contributed by atoms with Gasteiger partial charge in [0.1, 0.15) is 5.82 Å². The predicted molar refractivity (Wildman–Crippen MR) is 80.0 cm³/mol. The van der Waals surface area contributed by atoms with Crippen molar-refractivity contribution in [2.24, 2.45) is 0 Å². The van der Waals surface area contributed by atoms with Crippen molar-refractivity contribution in [2.75, 3.05) is 5.75 Å². The van der Waals surface area contributed by atoms with E-state index >= 15 is 0 Å². The highest BCUT2D eigenvalue weighted by Gasteiger charge is 2.58. The molecule has 0 aliphatic carbocycles. The van der Waals surface area contributed by atoms with Crippen molar-refractivity contribution in [1.82, 2.24) is 0 Å². The summed E-state index contributed by atoms with van der Waals surface area (Å²) in [4.78, 5) is 36.6. The van der Waals surface area contributed by atoms with E-state index < -0.39 is 26.7 Å². The summed E-state index contributed by atoms with van der Waals surface area (Å²) >= 11 is 1.36. The molecule has 7 nitrogen and oxygen atoms in total. The summed E-state index contributed by atoms with van der Waals surface area (Å²) in [6.45, 7) is 0. The Hall–Kier alpha value is -0.240. The van der Waals surface area contributed by atoms with Gasteiger partial charge in [0.2, 0.25) is 0 Å². The summed E-state index contributed by atoms with van der Waals surface area (Å²) in [6, 6.07) is 5.73. The second kappa shape index (κ2) is 7.55. The molecule has 0 aliphatic heterocycles. The SMILES string of the molecule is O=P(O)(O)C(O)(CCCCSc1ccc(F)cc1)P(=O)(O)O. The molecule has 5 N–H and O–H groups in total. The number of hydrogen-bond donors (Lipinski definition) is 5. The number of thioether (sulfide) groups is 1. The molecular formula is C11H17FO7P2S. The Kier molecular flexibility index (Phi) is 6.80. The minimum absolute atomic E-state index is 0.0148. The molecule has 0 saturated heterocycles. The van der Waals surface area contributed by atoms with E-state index in [4.69, 9.17) is 19.6 Å². The van der Waals surface area contributed by atoms with Gasteiger partial charge in [0.25, 0.3) is 5.08 Å². The van der Waals surface area contributed by atoms with E-state index in [9.17, 15) is 18.6 Å². The molecule has 0 amide bonds. The Balaban J connectivity index is 2.50. The third-order valence-corrected chi connectivity index (χ3v) is 7.90. The summed E-state index contributed by atoms with van der Waals surface area (Å²) in [5.41, 5.74) is 0. The average Bonchev–Trinajstić information content (AvgIpc) is 2.37.